The molecule has 3 nitrogen and oxygen atoms in total. The third-order valence-electron chi connectivity index (χ3n) is 3.37. The number of para-hydroxylation sites is 1. The Morgan fingerprint density at radius 1 is 1.29 bits per heavy atom. The molecule has 96 valence electrons. The Bertz CT molecular complexity index is 309. The van der Waals surface area contributed by atoms with Crippen molar-refractivity contribution in [2.45, 2.75) is 25.3 Å². The highest BCUT2D eigenvalue weighted by atomic mass is 16.3. The lowest BCUT2D eigenvalue weighted by Crippen LogP contribution is -2.43. The number of likely N-dealkylation sites (N-methyl/N-ethyl adjacent to an activating group) is 1. The molecule has 1 unspecified atom stereocenters. The van der Waals surface area contributed by atoms with E-state index in [2.05, 4.69) is 48.5 Å². The van der Waals surface area contributed by atoms with Crippen molar-refractivity contribution in [3.8, 4) is 0 Å². The average molecular weight is 236 g/mol. The zero-order valence-corrected chi connectivity index (χ0v) is 11.1. The first-order valence-corrected chi connectivity index (χ1v) is 6.17. The van der Waals surface area contributed by atoms with Crippen molar-refractivity contribution in [1.82, 2.24) is 5.32 Å². The van der Waals surface area contributed by atoms with Gasteiger partial charge in [-0.1, -0.05) is 18.2 Å². The summed E-state index contributed by atoms with van der Waals surface area (Å²) in [5.74, 6) is 0. The highest BCUT2D eigenvalue weighted by molar-refractivity contribution is 5.44. The zero-order valence-electron chi connectivity index (χ0n) is 11.1. The van der Waals surface area contributed by atoms with Crippen LogP contribution in [0.25, 0.3) is 0 Å². The van der Waals surface area contributed by atoms with Crippen LogP contribution < -0.4 is 10.2 Å². The van der Waals surface area contributed by atoms with Gasteiger partial charge in [0.25, 0.3) is 0 Å². The van der Waals surface area contributed by atoms with E-state index in [0.717, 1.165) is 19.4 Å². The van der Waals surface area contributed by atoms with E-state index in [1.807, 2.05) is 13.1 Å². The summed E-state index contributed by atoms with van der Waals surface area (Å²) in [5.41, 5.74) is 1.08. The van der Waals surface area contributed by atoms with Gasteiger partial charge in [-0.2, -0.15) is 0 Å². The molecule has 0 fully saturated rings. The normalized spacial score (nSPS) is 14.4. The molecular weight excluding hydrogens is 212 g/mol. The van der Waals surface area contributed by atoms with Crippen LogP contribution in [-0.4, -0.2) is 37.9 Å². The van der Waals surface area contributed by atoms with Gasteiger partial charge in [-0.05, 0) is 38.9 Å². The molecule has 0 aromatic heterocycles. The first-order valence-electron chi connectivity index (χ1n) is 6.17. The largest absolute Gasteiger partial charge is 0.394 e. The molecule has 0 saturated carbocycles. The van der Waals surface area contributed by atoms with Crippen molar-refractivity contribution < 1.29 is 5.11 Å². The second-order valence-corrected chi connectivity index (χ2v) is 4.83. The Morgan fingerprint density at radius 2 is 1.94 bits per heavy atom. The van der Waals surface area contributed by atoms with Crippen LogP contribution in [0.5, 0.6) is 0 Å². The monoisotopic (exact) mass is 236 g/mol. The smallest absolute Gasteiger partial charge is 0.0610 e. The molecule has 0 spiro atoms. The molecule has 1 aromatic rings. The van der Waals surface area contributed by atoms with Crippen LogP contribution in [0.15, 0.2) is 30.3 Å². The first-order chi connectivity index (χ1) is 8.11. The van der Waals surface area contributed by atoms with Crippen LogP contribution in [0.2, 0.25) is 0 Å². The summed E-state index contributed by atoms with van der Waals surface area (Å²) in [5, 5.41) is 12.5. The van der Waals surface area contributed by atoms with Crippen LogP contribution in [0.4, 0.5) is 5.69 Å². The average Bonchev–Trinajstić information content (AvgIpc) is 2.39. The Morgan fingerprint density at radius 3 is 2.47 bits per heavy atom. The van der Waals surface area contributed by atoms with Crippen LogP contribution in [0.1, 0.15) is 19.8 Å². The fourth-order valence-electron chi connectivity index (χ4n) is 1.80. The summed E-state index contributed by atoms with van der Waals surface area (Å²) in [7, 11) is 4.00. The molecule has 0 aliphatic carbocycles. The second-order valence-electron chi connectivity index (χ2n) is 4.83. The maximum absolute atomic E-state index is 9.29. The van der Waals surface area contributed by atoms with Gasteiger partial charge in [0.05, 0.1) is 6.61 Å². The van der Waals surface area contributed by atoms with Crippen LogP contribution in [0, 0.1) is 0 Å². The van der Waals surface area contributed by atoms with Gasteiger partial charge in [0.1, 0.15) is 0 Å². The lowest BCUT2D eigenvalue weighted by molar-refractivity contribution is 0.172. The van der Waals surface area contributed by atoms with E-state index in [1.54, 1.807) is 0 Å². The predicted octanol–water partition coefficient (Wildman–Crippen LogP) is 1.87. The lowest BCUT2D eigenvalue weighted by Gasteiger charge is -2.28. The molecular formula is C14H24N2O. The Balaban J connectivity index is 2.37. The summed E-state index contributed by atoms with van der Waals surface area (Å²) in [6, 6.07) is 10.4. The third kappa shape index (κ3) is 4.36. The van der Waals surface area contributed by atoms with Gasteiger partial charge in [-0.15, -0.1) is 0 Å². The molecule has 1 atom stereocenters. The summed E-state index contributed by atoms with van der Waals surface area (Å²) >= 11 is 0. The number of nitrogens with one attached hydrogen (secondary N) is 1. The zero-order chi connectivity index (χ0) is 12.7. The Kier molecular flexibility index (Phi) is 5.45. The SMILES string of the molecule is CNC(C)(CO)CCCN(C)c1ccccc1. The van der Waals surface area contributed by atoms with Crippen LogP contribution in [-0.2, 0) is 0 Å². The first kappa shape index (κ1) is 14.0. The molecule has 1 aromatic carbocycles. The number of rotatable bonds is 7. The van der Waals surface area contributed by atoms with E-state index in [9.17, 15) is 5.11 Å². The fourth-order valence-corrected chi connectivity index (χ4v) is 1.80. The van der Waals surface area contributed by atoms with Crippen molar-refractivity contribution in [3.05, 3.63) is 30.3 Å². The summed E-state index contributed by atoms with van der Waals surface area (Å²) < 4.78 is 0. The van der Waals surface area contributed by atoms with Crippen molar-refractivity contribution in [2.24, 2.45) is 0 Å². The number of nitrogens with zero attached hydrogens (tertiary/aromatic N) is 1. The molecule has 0 heterocycles. The molecule has 0 aliphatic heterocycles. The van der Waals surface area contributed by atoms with Crippen LogP contribution in [0.3, 0.4) is 0 Å². The minimum Gasteiger partial charge on any atom is -0.394 e. The molecule has 0 radical (unpaired) electrons. The number of aliphatic hydroxyl groups excluding tert-OH is 1. The van der Waals surface area contributed by atoms with E-state index in [1.165, 1.54) is 5.69 Å². The Labute approximate surface area is 104 Å². The second kappa shape index (κ2) is 6.62. The van der Waals surface area contributed by atoms with Gasteiger partial charge >= 0.3 is 0 Å². The molecule has 1 rings (SSSR count). The van der Waals surface area contributed by atoms with E-state index < -0.39 is 0 Å². The molecule has 17 heavy (non-hydrogen) atoms. The van der Waals surface area contributed by atoms with Gasteiger partial charge in [0, 0.05) is 24.8 Å². The number of hydrogen-bond donors (Lipinski definition) is 2. The highest BCUT2D eigenvalue weighted by Crippen LogP contribution is 2.15. The molecule has 0 bridgehead atoms. The number of anilines is 1. The van der Waals surface area contributed by atoms with Crippen LogP contribution >= 0.6 is 0 Å². The number of hydrogen-bond acceptors (Lipinski definition) is 3. The minimum absolute atomic E-state index is 0.155. The van der Waals surface area contributed by atoms with Gasteiger partial charge in [-0.25, -0.2) is 0 Å². The van der Waals surface area contributed by atoms with Crippen molar-refractivity contribution >= 4 is 5.69 Å². The standard InChI is InChI=1S/C14H24N2O/c1-14(12-17,15-2)10-7-11-16(3)13-8-5-4-6-9-13/h4-6,8-9,15,17H,7,10-12H2,1-3H3. The molecule has 0 saturated heterocycles. The highest BCUT2D eigenvalue weighted by Gasteiger charge is 2.19. The molecule has 3 heteroatoms. The minimum atomic E-state index is -0.155. The van der Waals surface area contributed by atoms with Gasteiger partial charge in [0.15, 0.2) is 0 Å². The lowest BCUT2D eigenvalue weighted by atomic mass is 9.97. The summed E-state index contributed by atoms with van der Waals surface area (Å²) in [6.45, 7) is 3.23. The molecule has 2 N–H and O–H groups in total. The molecule has 0 amide bonds. The third-order valence-corrected chi connectivity index (χ3v) is 3.37. The van der Waals surface area contributed by atoms with Gasteiger partial charge < -0.3 is 15.3 Å². The number of benzene rings is 1. The predicted molar refractivity (Wildman–Crippen MR) is 73.5 cm³/mol. The van der Waals surface area contributed by atoms with E-state index in [4.69, 9.17) is 0 Å². The summed E-state index contributed by atoms with van der Waals surface area (Å²) in [4.78, 5) is 2.24. The van der Waals surface area contributed by atoms with Gasteiger partial charge in [-0.3, -0.25) is 0 Å². The maximum atomic E-state index is 9.29. The topological polar surface area (TPSA) is 35.5 Å². The van der Waals surface area contributed by atoms with Crippen molar-refractivity contribution in [3.63, 3.8) is 0 Å². The Hall–Kier alpha value is -1.06. The summed E-state index contributed by atoms with van der Waals surface area (Å²) in [6.07, 6.45) is 2.03. The quantitative estimate of drug-likeness (QED) is 0.758. The van der Waals surface area contributed by atoms with Gasteiger partial charge in [0.2, 0.25) is 0 Å². The van der Waals surface area contributed by atoms with Crippen molar-refractivity contribution in [2.75, 3.05) is 32.1 Å². The number of aliphatic hydroxyl groups is 1. The van der Waals surface area contributed by atoms with E-state index in [-0.39, 0.29) is 12.1 Å². The van der Waals surface area contributed by atoms with Crippen molar-refractivity contribution in [1.29, 1.82) is 0 Å². The molecule has 0 aliphatic rings. The van der Waals surface area contributed by atoms with E-state index >= 15 is 0 Å². The maximum Gasteiger partial charge on any atom is 0.0610 e. The van der Waals surface area contributed by atoms with E-state index in [0.29, 0.717) is 0 Å². The fraction of sp³-hybridized carbons (Fsp3) is 0.571.